The molecule has 170 valence electrons. The first-order valence-electron chi connectivity index (χ1n) is 10.5. The van der Waals surface area contributed by atoms with Crippen molar-refractivity contribution < 1.29 is 14.3 Å². The van der Waals surface area contributed by atoms with Gasteiger partial charge < -0.3 is 14.8 Å². The lowest BCUT2D eigenvalue weighted by molar-refractivity contribution is -0.136. The zero-order chi connectivity index (χ0) is 23.7. The van der Waals surface area contributed by atoms with E-state index in [0.717, 1.165) is 10.1 Å². The standard InChI is InChI=1S/C25H25N3O5/c1-15-19(24(30)32-4)20(21-22(26-15)27(2)25(31)28(3)23(21)29)17-10-12-18(13-11-17)33-14-16-8-6-5-7-9-16/h5-13,20,26H,14H2,1-4H3. The molecule has 2 heterocycles. The molecule has 8 nitrogen and oxygen atoms in total. The summed E-state index contributed by atoms with van der Waals surface area (Å²) >= 11 is 0. The number of ether oxygens (including phenoxy) is 2. The number of rotatable bonds is 5. The second-order valence-electron chi connectivity index (χ2n) is 7.90. The molecule has 1 atom stereocenters. The fourth-order valence-electron chi connectivity index (χ4n) is 4.10. The summed E-state index contributed by atoms with van der Waals surface area (Å²) in [6.07, 6.45) is 0. The summed E-state index contributed by atoms with van der Waals surface area (Å²) in [5.74, 6) is -0.230. The van der Waals surface area contributed by atoms with Crippen LogP contribution in [0.3, 0.4) is 0 Å². The third kappa shape index (κ3) is 3.95. The quantitative estimate of drug-likeness (QED) is 0.605. The summed E-state index contributed by atoms with van der Waals surface area (Å²) in [5, 5.41) is 3.06. The number of nitrogens with zero attached hydrogens (tertiary/aromatic N) is 2. The summed E-state index contributed by atoms with van der Waals surface area (Å²) in [7, 11) is 4.31. The van der Waals surface area contributed by atoms with Crippen molar-refractivity contribution in [2.75, 3.05) is 12.4 Å². The maximum Gasteiger partial charge on any atom is 0.336 e. The Morgan fingerprint density at radius 1 is 1.00 bits per heavy atom. The number of methoxy groups -OCH3 is 1. The summed E-state index contributed by atoms with van der Waals surface area (Å²) in [6, 6.07) is 17.1. The van der Waals surface area contributed by atoms with Gasteiger partial charge in [0.25, 0.3) is 5.56 Å². The molecule has 0 fully saturated rings. The van der Waals surface area contributed by atoms with E-state index in [1.807, 2.05) is 42.5 Å². The van der Waals surface area contributed by atoms with E-state index in [4.69, 9.17) is 9.47 Å². The van der Waals surface area contributed by atoms with Crippen LogP contribution in [0.4, 0.5) is 5.82 Å². The lowest BCUT2D eigenvalue weighted by Gasteiger charge is -2.30. The fraction of sp³-hybridized carbons (Fsp3) is 0.240. The van der Waals surface area contributed by atoms with Gasteiger partial charge in [0.05, 0.1) is 24.2 Å². The molecule has 0 radical (unpaired) electrons. The van der Waals surface area contributed by atoms with Crippen molar-refractivity contribution in [3.05, 3.63) is 103 Å². The lowest BCUT2D eigenvalue weighted by Crippen LogP contribution is -2.43. The molecule has 0 bridgehead atoms. The number of carbonyl (C=O) groups is 1. The molecular formula is C25H25N3O5. The zero-order valence-electron chi connectivity index (χ0n) is 18.9. The van der Waals surface area contributed by atoms with Crippen LogP contribution < -0.4 is 21.3 Å². The topological polar surface area (TPSA) is 91.6 Å². The first-order valence-corrected chi connectivity index (χ1v) is 10.5. The molecule has 0 spiro atoms. The molecule has 1 N–H and O–H groups in total. The van der Waals surface area contributed by atoms with Crippen molar-refractivity contribution in [1.29, 1.82) is 0 Å². The van der Waals surface area contributed by atoms with Crippen LogP contribution in [-0.2, 0) is 30.2 Å². The predicted octanol–water partition coefficient (Wildman–Crippen LogP) is 2.67. The molecule has 2 aromatic carbocycles. The summed E-state index contributed by atoms with van der Waals surface area (Å²) in [5.41, 5.74) is 1.98. The number of benzene rings is 2. The van der Waals surface area contributed by atoms with Gasteiger partial charge in [-0.3, -0.25) is 13.9 Å². The van der Waals surface area contributed by atoms with Crippen LogP contribution in [0.5, 0.6) is 5.75 Å². The van der Waals surface area contributed by atoms with E-state index >= 15 is 0 Å². The molecule has 3 aromatic rings. The van der Waals surface area contributed by atoms with Crippen molar-refractivity contribution in [2.24, 2.45) is 14.1 Å². The number of fused-ring (bicyclic) bond motifs is 1. The maximum absolute atomic E-state index is 13.2. The average molecular weight is 447 g/mol. The Labute approximate surface area is 190 Å². The van der Waals surface area contributed by atoms with Crippen LogP contribution in [0, 0.1) is 0 Å². The summed E-state index contributed by atoms with van der Waals surface area (Å²) < 4.78 is 13.3. The number of carbonyl (C=O) groups excluding carboxylic acids is 1. The largest absolute Gasteiger partial charge is 0.489 e. The van der Waals surface area contributed by atoms with Crippen molar-refractivity contribution in [2.45, 2.75) is 19.4 Å². The summed E-state index contributed by atoms with van der Waals surface area (Å²) in [6.45, 7) is 2.15. The van der Waals surface area contributed by atoms with Gasteiger partial charge in [0, 0.05) is 19.8 Å². The second kappa shape index (κ2) is 8.82. The Kier molecular flexibility index (Phi) is 5.91. The Hall–Kier alpha value is -4.07. The lowest BCUT2D eigenvalue weighted by atomic mass is 9.82. The number of anilines is 1. The van der Waals surface area contributed by atoms with Gasteiger partial charge in [0.15, 0.2) is 0 Å². The molecule has 1 unspecified atom stereocenters. The van der Waals surface area contributed by atoms with Gasteiger partial charge in [-0.1, -0.05) is 42.5 Å². The summed E-state index contributed by atoms with van der Waals surface area (Å²) in [4.78, 5) is 38.4. The molecule has 1 aromatic heterocycles. The van der Waals surface area contributed by atoms with Crippen molar-refractivity contribution in [3.63, 3.8) is 0 Å². The van der Waals surface area contributed by atoms with Gasteiger partial charge in [-0.05, 0) is 30.2 Å². The number of hydrogen-bond acceptors (Lipinski definition) is 6. The monoisotopic (exact) mass is 447 g/mol. The van der Waals surface area contributed by atoms with Crippen LogP contribution in [0.15, 0.2) is 75.5 Å². The number of nitrogens with one attached hydrogen (secondary N) is 1. The number of esters is 1. The van der Waals surface area contributed by atoms with Crippen LogP contribution in [0.1, 0.15) is 29.5 Å². The molecule has 0 aliphatic carbocycles. The van der Waals surface area contributed by atoms with Gasteiger partial charge in [0.1, 0.15) is 18.2 Å². The third-order valence-electron chi connectivity index (χ3n) is 5.85. The normalized spacial score (nSPS) is 15.0. The number of allylic oxidation sites excluding steroid dienone is 1. The molecule has 0 saturated carbocycles. The molecule has 33 heavy (non-hydrogen) atoms. The smallest absolute Gasteiger partial charge is 0.336 e. The minimum absolute atomic E-state index is 0.309. The van der Waals surface area contributed by atoms with Gasteiger partial charge in [-0.15, -0.1) is 0 Å². The molecular weight excluding hydrogens is 422 g/mol. The highest BCUT2D eigenvalue weighted by Crippen LogP contribution is 2.40. The van der Waals surface area contributed by atoms with E-state index in [1.54, 1.807) is 26.1 Å². The van der Waals surface area contributed by atoms with Crippen LogP contribution >= 0.6 is 0 Å². The van der Waals surface area contributed by atoms with Crippen LogP contribution in [-0.4, -0.2) is 22.2 Å². The van der Waals surface area contributed by atoms with Gasteiger partial charge in [0.2, 0.25) is 0 Å². The van der Waals surface area contributed by atoms with Crippen molar-refractivity contribution in [3.8, 4) is 5.75 Å². The van der Waals surface area contributed by atoms with E-state index in [-0.39, 0.29) is 0 Å². The fourth-order valence-corrected chi connectivity index (χ4v) is 4.10. The third-order valence-corrected chi connectivity index (χ3v) is 5.85. The Morgan fingerprint density at radius 2 is 1.67 bits per heavy atom. The predicted molar refractivity (Wildman–Crippen MR) is 124 cm³/mol. The highest BCUT2D eigenvalue weighted by molar-refractivity contribution is 5.94. The van der Waals surface area contributed by atoms with Gasteiger partial charge in [-0.25, -0.2) is 9.59 Å². The minimum atomic E-state index is -0.706. The second-order valence-corrected chi connectivity index (χ2v) is 7.90. The first-order chi connectivity index (χ1) is 15.8. The Balaban J connectivity index is 1.78. The number of aromatic nitrogens is 2. The van der Waals surface area contributed by atoms with E-state index in [0.29, 0.717) is 40.6 Å². The van der Waals surface area contributed by atoms with E-state index in [1.165, 1.54) is 18.7 Å². The van der Waals surface area contributed by atoms with Gasteiger partial charge >= 0.3 is 11.7 Å². The Morgan fingerprint density at radius 3 is 2.30 bits per heavy atom. The van der Waals surface area contributed by atoms with Crippen molar-refractivity contribution >= 4 is 11.8 Å². The van der Waals surface area contributed by atoms with Gasteiger partial charge in [-0.2, -0.15) is 0 Å². The highest BCUT2D eigenvalue weighted by Gasteiger charge is 2.37. The minimum Gasteiger partial charge on any atom is -0.489 e. The molecule has 8 heteroatoms. The average Bonchev–Trinajstić information content (AvgIpc) is 2.84. The first kappa shape index (κ1) is 22.1. The molecule has 1 aliphatic rings. The van der Waals surface area contributed by atoms with E-state index in [2.05, 4.69) is 5.32 Å². The Bertz CT molecular complexity index is 1350. The molecule has 0 saturated heterocycles. The zero-order valence-corrected chi connectivity index (χ0v) is 18.9. The van der Waals surface area contributed by atoms with Crippen LogP contribution in [0.25, 0.3) is 0 Å². The van der Waals surface area contributed by atoms with E-state index < -0.39 is 23.1 Å². The highest BCUT2D eigenvalue weighted by atomic mass is 16.5. The number of hydrogen-bond donors (Lipinski definition) is 1. The SMILES string of the molecule is COC(=O)C1=C(C)Nc2c(c(=O)n(C)c(=O)n2C)C1c1ccc(OCc2ccccc2)cc1. The van der Waals surface area contributed by atoms with Crippen molar-refractivity contribution in [1.82, 2.24) is 9.13 Å². The molecule has 0 amide bonds. The van der Waals surface area contributed by atoms with Crippen LogP contribution in [0.2, 0.25) is 0 Å². The molecule has 4 rings (SSSR count). The molecule has 1 aliphatic heterocycles. The van der Waals surface area contributed by atoms with E-state index in [9.17, 15) is 14.4 Å². The maximum atomic E-state index is 13.2.